The molecular formula is C16H17N3. The summed E-state index contributed by atoms with van der Waals surface area (Å²) in [6.45, 7) is 2.61. The Labute approximate surface area is 113 Å². The summed E-state index contributed by atoms with van der Waals surface area (Å²) in [5.41, 5.74) is 2.46. The van der Waals surface area contributed by atoms with E-state index in [1.54, 1.807) is 0 Å². The Hall–Kier alpha value is -2.29. The maximum Gasteiger partial charge on any atom is 0.198 e. The zero-order valence-corrected chi connectivity index (χ0v) is 10.8. The lowest BCUT2D eigenvalue weighted by Crippen LogP contribution is -2.38. The Morgan fingerprint density at radius 2 is 1.63 bits per heavy atom. The number of nitrogens with zero attached hydrogens (tertiary/aromatic N) is 2. The SMILES string of the molecule is c1ccc(CNC2=NCCN2c2ccccc2)cc1. The number of benzene rings is 2. The van der Waals surface area contributed by atoms with Crippen LogP contribution in [0.5, 0.6) is 0 Å². The van der Waals surface area contributed by atoms with E-state index in [0.29, 0.717) is 0 Å². The predicted molar refractivity (Wildman–Crippen MR) is 79.4 cm³/mol. The molecule has 3 heteroatoms. The highest BCUT2D eigenvalue weighted by atomic mass is 15.3. The molecule has 0 atom stereocenters. The number of hydrogen-bond acceptors (Lipinski definition) is 3. The van der Waals surface area contributed by atoms with Crippen molar-refractivity contribution >= 4 is 11.6 Å². The highest BCUT2D eigenvalue weighted by Crippen LogP contribution is 2.16. The molecule has 0 spiro atoms. The van der Waals surface area contributed by atoms with Gasteiger partial charge in [-0.15, -0.1) is 0 Å². The summed E-state index contributed by atoms with van der Waals surface area (Å²) >= 11 is 0. The number of nitrogens with one attached hydrogen (secondary N) is 1. The van der Waals surface area contributed by atoms with E-state index < -0.39 is 0 Å². The van der Waals surface area contributed by atoms with Gasteiger partial charge in [0.2, 0.25) is 0 Å². The summed E-state index contributed by atoms with van der Waals surface area (Å²) < 4.78 is 0. The molecule has 0 radical (unpaired) electrons. The van der Waals surface area contributed by atoms with Crippen molar-refractivity contribution in [2.45, 2.75) is 6.54 Å². The monoisotopic (exact) mass is 251 g/mol. The lowest BCUT2D eigenvalue weighted by Gasteiger charge is -2.21. The van der Waals surface area contributed by atoms with Gasteiger partial charge in [0.05, 0.1) is 6.54 Å². The zero-order valence-electron chi connectivity index (χ0n) is 10.8. The van der Waals surface area contributed by atoms with E-state index in [4.69, 9.17) is 0 Å². The highest BCUT2D eigenvalue weighted by Gasteiger charge is 2.17. The van der Waals surface area contributed by atoms with Crippen LogP contribution in [0.15, 0.2) is 65.7 Å². The van der Waals surface area contributed by atoms with Crippen LogP contribution < -0.4 is 10.2 Å². The van der Waals surface area contributed by atoms with Crippen molar-refractivity contribution in [3.63, 3.8) is 0 Å². The minimum atomic E-state index is 0.809. The second-order valence-electron chi connectivity index (χ2n) is 4.53. The van der Waals surface area contributed by atoms with Gasteiger partial charge in [0.1, 0.15) is 0 Å². The van der Waals surface area contributed by atoms with Crippen LogP contribution in [0.1, 0.15) is 5.56 Å². The van der Waals surface area contributed by atoms with Crippen molar-refractivity contribution in [1.29, 1.82) is 0 Å². The fourth-order valence-electron chi connectivity index (χ4n) is 2.23. The van der Waals surface area contributed by atoms with Gasteiger partial charge in [-0.2, -0.15) is 0 Å². The van der Waals surface area contributed by atoms with Gasteiger partial charge >= 0.3 is 0 Å². The summed E-state index contributed by atoms with van der Waals surface area (Å²) in [4.78, 5) is 6.77. The quantitative estimate of drug-likeness (QED) is 0.908. The fraction of sp³-hybridized carbons (Fsp3) is 0.188. The first-order chi connectivity index (χ1) is 9.43. The number of anilines is 1. The van der Waals surface area contributed by atoms with Crippen molar-refractivity contribution in [3.05, 3.63) is 66.2 Å². The van der Waals surface area contributed by atoms with Gasteiger partial charge in [-0.05, 0) is 17.7 Å². The minimum Gasteiger partial charge on any atom is -0.352 e. The maximum atomic E-state index is 4.54. The van der Waals surface area contributed by atoms with Gasteiger partial charge in [-0.1, -0.05) is 48.5 Å². The van der Waals surface area contributed by atoms with E-state index in [-0.39, 0.29) is 0 Å². The van der Waals surface area contributed by atoms with Crippen LogP contribution in [0.25, 0.3) is 0 Å². The predicted octanol–water partition coefficient (Wildman–Crippen LogP) is 2.65. The average Bonchev–Trinajstić information content (AvgIpc) is 2.95. The normalized spacial score (nSPS) is 14.3. The van der Waals surface area contributed by atoms with Crippen LogP contribution in [0.2, 0.25) is 0 Å². The Morgan fingerprint density at radius 3 is 2.37 bits per heavy atom. The molecule has 1 aliphatic heterocycles. The van der Waals surface area contributed by atoms with Crippen molar-refractivity contribution < 1.29 is 0 Å². The molecule has 0 saturated heterocycles. The molecule has 2 aromatic rings. The molecule has 0 unspecified atom stereocenters. The van der Waals surface area contributed by atoms with Crippen LogP contribution in [0.4, 0.5) is 5.69 Å². The number of guanidine groups is 1. The van der Waals surface area contributed by atoms with Crippen molar-refractivity contribution in [2.24, 2.45) is 4.99 Å². The summed E-state index contributed by atoms with van der Waals surface area (Å²) in [5, 5.41) is 3.42. The molecule has 0 fully saturated rings. The van der Waals surface area contributed by atoms with Gasteiger partial charge < -0.3 is 10.2 Å². The molecule has 1 aliphatic rings. The lowest BCUT2D eigenvalue weighted by molar-refractivity contribution is 0.895. The van der Waals surface area contributed by atoms with E-state index >= 15 is 0 Å². The van der Waals surface area contributed by atoms with Gasteiger partial charge in [-0.3, -0.25) is 4.99 Å². The lowest BCUT2D eigenvalue weighted by atomic mass is 10.2. The van der Waals surface area contributed by atoms with Crippen LogP contribution >= 0.6 is 0 Å². The fourth-order valence-corrected chi connectivity index (χ4v) is 2.23. The molecule has 3 rings (SSSR count). The molecule has 0 aromatic heterocycles. The standard InChI is InChI=1S/C16H17N3/c1-3-7-14(8-4-1)13-18-16-17-11-12-19(16)15-9-5-2-6-10-15/h1-10H,11-13H2,(H,17,18). The molecule has 2 aromatic carbocycles. The Bertz CT molecular complexity index is 549. The summed E-state index contributed by atoms with van der Waals surface area (Å²) in [6.07, 6.45) is 0. The van der Waals surface area contributed by atoms with Gasteiger partial charge in [0.15, 0.2) is 5.96 Å². The number of hydrogen-bond donors (Lipinski definition) is 1. The number of rotatable bonds is 3. The van der Waals surface area contributed by atoms with Crippen LogP contribution in [-0.2, 0) is 6.54 Å². The molecule has 96 valence electrons. The molecule has 19 heavy (non-hydrogen) atoms. The molecule has 0 bridgehead atoms. The second-order valence-corrected chi connectivity index (χ2v) is 4.53. The number of aliphatic imine (C=N–C) groups is 1. The van der Waals surface area contributed by atoms with E-state index in [1.165, 1.54) is 11.3 Å². The molecule has 0 amide bonds. The largest absolute Gasteiger partial charge is 0.352 e. The first-order valence-electron chi connectivity index (χ1n) is 6.58. The molecule has 1 heterocycles. The third kappa shape index (κ3) is 2.76. The molecule has 0 saturated carbocycles. The van der Waals surface area contributed by atoms with Gasteiger partial charge in [0, 0.05) is 18.8 Å². The van der Waals surface area contributed by atoms with Crippen LogP contribution in [0, 0.1) is 0 Å². The van der Waals surface area contributed by atoms with Gasteiger partial charge in [-0.25, -0.2) is 0 Å². The van der Waals surface area contributed by atoms with Crippen molar-refractivity contribution in [3.8, 4) is 0 Å². The molecule has 3 nitrogen and oxygen atoms in total. The minimum absolute atomic E-state index is 0.809. The van der Waals surface area contributed by atoms with E-state index in [9.17, 15) is 0 Å². The topological polar surface area (TPSA) is 27.6 Å². The molecule has 0 aliphatic carbocycles. The van der Waals surface area contributed by atoms with E-state index in [0.717, 1.165) is 25.6 Å². The smallest absolute Gasteiger partial charge is 0.198 e. The summed E-state index contributed by atoms with van der Waals surface area (Å²) in [5.74, 6) is 0.968. The zero-order chi connectivity index (χ0) is 12.9. The van der Waals surface area contributed by atoms with Crippen molar-refractivity contribution in [1.82, 2.24) is 5.32 Å². The second kappa shape index (κ2) is 5.57. The Morgan fingerprint density at radius 1 is 0.947 bits per heavy atom. The van der Waals surface area contributed by atoms with E-state index in [2.05, 4.69) is 63.7 Å². The summed E-state index contributed by atoms with van der Waals surface area (Å²) in [6, 6.07) is 20.8. The third-order valence-corrected chi connectivity index (χ3v) is 3.20. The van der Waals surface area contributed by atoms with Crippen LogP contribution in [0.3, 0.4) is 0 Å². The summed E-state index contributed by atoms with van der Waals surface area (Å²) in [7, 11) is 0. The average molecular weight is 251 g/mol. The first-order valence-corrected chi connectivity index (χ1v) is 6.58. The molecular weight excluding hydrogens is 234 g/mol. The third-order valence-electron chi connectivity index (χ3n) is 3.20. The Kier molecular flexibility index (Phi) is 3.45. The first kappa shape index (κ1) is 11.8. The van der Waals surface area contributed by atoms with Crippen LogP contribution in [-0.4, -0.2) is 19.0 Å². The van der Waals surface area contributed by atoms with E-state index in [1.807, 2.05) is 12.1 Å². The Balaban J connectivity index is 1.67. The maximum absolute atomic E-state index is 4.54. The van der Waals surface area contributed by atoms with Crippen molar-refractivity contribution in [2.75, 3.05) is 18.0 Å². The molecule has 1 N–H and O–H groups in total. The number of para-hydroxylation sites is 1. The van der Waals surface area contributed by atoms with Gasteiger partial charge in [0.25, 0.3) is 0 Å². The highest BCUT2D eigenvalue weighted by molar-refractivity contribution is 5.97.